The molecule has 27 heavy (non-hydrogen) atoms. The van der Waals surface area contributed by atoms with Crippen LogP contribution in [0.3, 0.4) is 0 Å². The molecule has 3 rings (SSSR count). The molecular formula is C21H29N5S. The zero-order valence-electron chi connectivity index (χ0n) is 17.3. The van der Waals surface area contributed by atoms with Crippen LogP contribution in [-0.4, -0.2) is 31.8 Å². The first-order chi connectivity index (χ1) is 13.0. The van der Waals surface area contributed by atoms with Gasteiger partial charge in [0.1, 0.15) is 22.7 Å². The molecule has 0 saturated carbocycles. The topological polar surface area (TPSA) is 54.8 Å². The van der Waals surface area contributed by atoms with Gasteiger partial charge in [0.05, 0.1) is 17.4 Å². The minimum atomic E-state index is 0.766. The molecular weight excluding hydrogens is 354 g/mol. The molecule has 0 spiro atoms. The largest absolute Gasteiger partial charge is 0.356 e. The van der Waals surface area contributed by atoms with Crippen LogP contribution in [0.25, 0.3) is 11.0 Å². The number of fused-ring (bicyclic) bond motifs is 1. The van der Waals surface area contributed by atoms with Crippen LogP contribution in [-0.2, 0) is 6.42 Å². The van der Waals surface area contributed by atoms with Crippen molar-refractivity contribution in [2.24, 2.45) is 0 Å². The third-order valence-electron chi connectivity index (χ3n) is 5.02. The first-order valence-corrected chi connectivity index (χ1v) is 10.5. The minimum absolute atomic E-state index is 0.766. The van der Waals surface area contributed by atoms with E-state index in [0.717, 1.165) is 60.7 Å². The van der Waals surface area contributed by atoms with Crippen molar-refractivity contribution in [2.75, 3.05) is 18.0 Å². The van der Waals surface area contributed by atoms with E-state index < -0.39 is 0 Å². The van der Waals surface area contributed by atoms with E-state index in [1.165, 1.54) is 34.0 Å². The van der Waals surface area contributed by atoms with Gasteiger partial charge in [-0.3, -0.25) is 0 Å². The van der Waals surface area contributed by atoms with Crippen molar-refractivity contribution in [3.8, 4) is 0 Å². The molecule has 0 unspecified atom stereocenters. The van der Waals surface area contributed by atoms with Crippen LogP contribution in [0, 0.1) is 27.7 Å². The second kappa shape index (κ2) is 8.30. The summed E-state index contributed by atoms with van der Waals surface area (Å²) in [4.78, 5) is 12.0. The maximum Gasteiger partial charge on any atom is 0.135 e. The van der Waals surface area contributed by atoms with Crippen molar-refractivity contribution in [3.05, 3.63) is 39.8 Å². The second-order valence-corrected chi connectivity index (χ2v) is 7.81. The predicted molar refractivity (Wildman–Crippen MR) is 114 cm³/mol. The Morgan fingerprint density at radius 1 is 0.889 bits per heavy atom. The quantitative estimate of drug-likeness (QED) is 0.579. The fraction of sp³-hybridized carbons (Fsp3) is 0.524. The Labute approximate surface area is 166 Å². The van der Waals surface area contributed by atoms with Crippen molar-refractivity contribution >= 4 is 28.6 Å². The average molecular weight is 384 g/mol. The fourth-order valence-corrected chi connectivity index (χ4v) is 4.35. The highest BCUT2D eigenvalue weighted by Crippen LogP contribution is 2.29. The number of benzene rings is 1. The van der Waals surface area contributed by atoms with Gasteiger partial charge < -0.3 is 4.90 Å². The van der Waals surface area contributed by atoms with E-state index >= 15 is 0 Å². The van der Waals surface area contributed by atoms with E-state index in [1.807, 2.05) is 6.92 Å². The fourth-order valence-electron chi connectivity index (χ4n) is 3.72. The second-order valence-electron chi connectivity index (χ2n) is 7.28. The number of aryl methyl sites for hydroxylation is 3. The van der Waals surface area contributed by atoms with Crippen LogP contribution in [0.15, 0.2) is 6.07 Å². The van der Waals surface area contributed by atoms with Gasteiger partial charge in [-0.2, -0.15) is 8.75 Å². The molecule has 0 N–H and O–H groups in total. The van der Waals surface area contributed by atoms with Crippen molar-refractivity contribution in [1.29, 1.82) is 0 Å². The summed E-state index contributed by atoms with van der Waals surface area (Å²) in [7, 11) is 0. The summed E-state index contributed by atoms with van der Waals surface area (Å²) in [6, 6.07) is 2.21. The average Bonchev–Trinajstić information content (AvgIpc) is 3.11. The molecule has 0 saturated heterocycles. The van der Waals surface area contributed by atoms with Crippen LogP contribution >= 0.6 is 11.7 Å². The van der Waals surface area contributed by atoms with Crippen LogP contribution in [0.4, 0.5) is 5.82 Å². The molecule has 1 aromatic carbocycles. The lowest BCUT2D eigenvalue weighted by atomic mass is 9.97. The summed E-state index contributed by atoms with van der Waals surface area (Å²) in [5.41, 5.74) is 7.98. The monoisotopic (exact) mass is 383 g/mol. The summed E-state index contributed by atoms with van der Waals surface area (Å²) in [5, 5.41) is 0. The predicted octanol–water partition coefficient (Wildman–Crippen LogP) is 4.93. The SMILES string of the molecule is CCCN(CCC)c1nc(C)nc(Cc2c(C)cc(C)c3nsnc23)c1C. The Hall–Kier alpha value is -2.08. The molecule has 2 heterocycles. The standard InChI is InChI=1S/C21H29N5S/c1-7-9-26(10-8-2)21-15(5)18(22-16(6)23-21)12-17-13(3)11-14(4)19-20(17)25-27-24-19/h11H,7-10,12H2,1-6H3. The molecule has 144 valence electrons. The van der Waals surface area contributed by atoms with E-state index in [2.05, 4.69) is 54.3 Å². The van der Waals surface area contributed by atoms with Gasteiger partial charge in [-0.15, -0.1) is 0 Å². The molecule has 0 bridgehead atoms. The Bertz CT molecular complexity index is 941. The summed E-state index contributed by atoms with van der Waals surface area (Å²) < 4.78 is 9.07. The normalized spacial score (nSPS) is 11.3. The van der Waals surface area contributed by atoms with Crippen molar-refractivity contribution in [3.63, 3.8) is 0 Å². The molecule has 0 atom stereocenters. The maximum absolute atomic E-state index is 4.80. The highest BCUT2D eigenvalue weighted by molar-refractivity contribution is 7.00. The Morgan fingerprint density at radius 3 is 2.22 bits per heavy atom. The highest BCUT2D eigenvalue weighted by atomic mass is 32.1. The smallest absolute Gasteiger partial charge is 0.135 e. The van der Waals surface area contributed by atoms with Gasteiger partial charge in [-0.05, 0) is 57.2 Å². The van der Waals surface area contributed by atoms with E-state index in [1.54, 1.807) is 0 Å². The molecule has 0 radical (unpaired) electrons. The van der Waals surface area contributed by atoms with E-state index in [9.17, 15) is 0 Å². The first-order valence-electron chi connectivity index (χ1n) is 9.76. The Balaban J connectivity index is 2.07. The minimum Gasteiger partial charge on any atom is -0.356 e. The number of rotatable bonds is 7. The van der Waals surface area contributed by atoms with Crippen LogP contribution < -0.4 is 4.90 Å². The van der Waals surface area contributed by atoms with Gasteiger partial charge >= 0.3 is 0 Å². The lowest BCUT2D eigenvalue weighted by Crippen LogP contribution is -2.27. The molecule has 3 aromatic rings. The molecule has 5 nitrogen and oxygen atoms in total. The Morgan fingerprint density at radius 2 is 1.56 bits per heavy atom. The highest BCUT2D eigenvalue weighted by Gasteiger charge is 2.18. The number of anilines is 1. The van der Waals surface area contributed by atoms with Gasteiger partial charge in [0.25, 0.3) is 0 Å². The van der Waals surface area contributed by atoms with E-state index in [0.29, 0.717) is 0 Å². The lowest BCUT2D eigenvalue weighted by molar-refractivity contribution is 0.723. The number of nitrogens with zero attached hydrogens (tertiary/aromatic N) is 5. The zero-order chi connectivity index (χ0) is 19.6. The molecule has 0 aliphatic heterocycles. The van der Waals surface area contributed by atoms with Gasteiger partial charge in [0, 0.05) is 25.1 Å². The van der Waals surface area contributed by atoms with Crippen LogP contribution in [0.1, 0.15) is 60.5 Å². The molecule has 0 aliphatic rings. The van der Waals surface area contributed by atoms with Gasteiger partial charge in [-0.1, -0.05) is 19.9 Å². The molecule has 0 fully saturated rings. The molecule has 0 aliphatic carbocycles. The first kappa shape index (κ1) is 19.7. The number of aromatic nitrogens is 4. The zero-order valence-corrected chi connectivity index (χ0v) is 18.1. The van der Waals surface area contributed by atoms with Gasteiger partial charge in [-0.25, -0.2) is 9.97 Å². The maximum atomic E-state index is 4.80. The van der Waals surface area contributed by atoms with E-state index in [-0.39, 0.29) is 0 Å². The summed E-state index contributed by atoms with van der Waals surface area (Å²) in [5.74, 6) is 1.92. The third kappa shape index (κ3) is 3.95. The third-order valence-corrected chi connectivity index (χ3v) is 5.55. The summed E-state index contributed by atoms with van der Waals surface area (Å²) in [6.45, 7) is 14.9. The van der Waals surface area contributed by atoms with E-state index in [4.69, 9.17) is 9.97 Å². The lowest BCUT2D eigenvalue weighted by Gasteiger charge is -2.25. The molecule has 0 amide bonds. The van der Waals surface area contributed by atoms with Crippen molar-refractivity contribution in [2.45, 2.75) is 60.8 Å². The molecule has 2 aromatic heterocycles. The van der Waals surface area contributed by atoms with Crippen molar-refractivity contribution < 1.29 is 0 Å². The van der Waals surface area contributed by atoms with Gasteiger partial charge in [0.15, 0.2) is 0 Å². The number of hydrogen-bond donors (Lipinski definition) is 0. The van der Waals surface area contributed by atoms with Crippen molar-refractivity contribution in [1.82, 2.24) is 18.7 Å². The van der Waals surface area contributed by atoms with Gasteiger partial charge in [0.2, 0.25) is 0 Å². The van der Waals surface area contributed by atoms with Crippen LogP contribution in [0.2, 0.25) is 0 Å². The summed E-state index contributed by atoms with van der Waals surface area (Å²) >= 11 is 1.29. The van der Waals surface area contributed by atoms with Crippen LogP contribution in [0.5, 0.6) is 0 Å². The Kier molecular flexibility index (Phi) is 6.05. The summed E-state index contributed by atoms with van der Waals surface area (Å²) in [6.07, 6.45) is 2.99. The molecule has 6 heteroatoms. The number of hydrogen-bond acceptors (Lipinski definition) is 6.